The van der Waals surface area contributed by atoms with Gasteiger partial charge in [0.05, 0.1) is 24.9 Å². The van der Waals surface area contributed by atoms with Gasteiger partial charge in [0.2, 0.25) is 5.52 Å². The average Bonchev–Trinajstić information content (AvgIpc) is 3.67. The number of rotatable bonds is 12. The summed E-state index contributed by atoms with van der Waals surface area (Å²) in [5.41, 5.74) is 6.27. The Balaban J connectivity index is 1.36. The van der Waals surface area contributed by atoms with E-state index < -0.39 is 0 Å². The lowest BCUT2D eigenvalue weighted by Gasteiger charge is -2.27. The molecule has 0 saturated carbocycles. The molecule has 2 aliphatic rings. The predicted octanol–water partition coefficient (Wildman–Crippen LogP) is 10.6. The number of thioether (sulfide) groups is 1. The van der Waals surface area contributed by atoms with Crippen LogP contribution in [0.2, 0.25) is 0 Å². The summed E-state index contributed by atoms with van der Waals surface area (Å²) in [7, 11) is 6.92. The van der Waals surface area contributed by atoms with Gasteiger partial charge in [-0.1, -0.05) is 71.7 Å². The zero-order valence-corrected chi connectivity index (χ0v) is 31.3. The van der Waals surface area contributed by atoms with Gasteiger partial charge in [0.1, 0.15) is 10.9 Å². The molecule has 0 bridgehead atoms. The van der Waals surface area contributed by atoms with Crippen molar-refractivity contribution >= 4 is 69.2 Å². The first kappa shape index (κ1) is 35.0. The van der Waals surface area contributed by atoms with E-state index in [0.717, 1.165) is 43.9 Å². The molecule has 1 aromatic heterocycles. The lowest BCUT2D eigenvalue weighted by molar-refractivity contribution is -0.732. The number of hydrogen-bond acceptors (Lipinski definition) is 9. The SMILES string of the molecule is COSc1ccc2c(c1)S/C(=C\C=C1C=C(/C=C/c3sc4cc(SOC)ccc4[n+]3C(C)OC)CC(c3ccccc3)C\1)N2C(C)OC. The topological polar surface area (TPSA) is 44.0 Å². The van der Waals surface area contributed by atoms with E-state index in [-0.39, 0.29) is 12.5 Å². The lowest BCUT2D eigenvalue weighted by Crippen LogP contribution is -2.40. The number of allylic oxidation sites excluding steroid dienone is 6. The number of aromatic nitrogens is 1. The smallest absolute Gasteiger partial charge is 0.265 e. The molecule has 250 valence electrons. The Labute approximate surface area is 300 Å². The molecule has 0 amide bonds. The molecule has 2 heterocycles. The fraction of sp³-hybridized carbons (Fsp3) is 0.289. The predicted molar refractivity (Wildman–Crippen MR) is 202 cm³/mol. The standard InChI is InChI=1S/C38H41N2O4S4/c1-25(41-3)39-33-16-14-31(47-43-5)23-35(33)45-37(39)18-12-27-20-28(22-30(21-27)29-10-8-7-9-11-29)13-19-38-40(26(2)42-4)34-17-15-32(48-44-6)24-36(34)46-38/h7-20,23-26,30H,21-22H2,1-6H3/q+1. The van der Waals surface area contributed by atoms with Crippen molar-refractivity contribution in [1.29, 1.82) is 0 Å². The van der Waals surface area contributed by atoms with Gasteiger partial charge in [0, 0.05) is 72.1 Å². The summed E-state index contributed by atoms with van der Waals surface area (Å²) in [6.45, 7) is 4.18. The van der Waals surface area contributed by atoms with Crippen molar-refractivity contribution in [3.63, 3.8) is 0 Å². The zero-order valence-electron chi connectivity index (χ0n) is 28.0. The van der Waals surface area contributed by atoms with Gasteiger partial charge in [-0.2, -0.15) is 4.57 Å². The molecular formula is C38H41N2O4S4+. The number of hydrogen-bond donors (Lipinski definition) is 0. The molecule has 1 aliphatic carbocycles. The van der Waals surface area contributed by atoms with Crippen LogP contribution in [-0.2, 0) is 17.8 Å². The molecule has 0 spiro atoms. The molecule has 0 N–H and O–H groups in total. The van der Waals surface area contributed by atoms with Crippen LogP contribution < -0.4 is 9.47 Å². The summed E-state index contributed by atoms with van der Waals surface area (Å²) >= 11 is 6.30. The summed E-state index contributed by atoms with van der Waals surface area (Å²) in [5.74, 6) is 0.387. The fourth-order valence-electron chi connectivity index (χ4n) is 6.14. The van der Waals surface area contributed by atoms with Gasteiger partial charge in [-0.3, -0.25) is 0 Å². The average molecular weight is 718 g/mol. The summed E-state index contributed by atoms with van der Waals surface area (Å²) in [6, 6.07) is 23.8. The van der Waals surface area contributed by atoms with Gasteiger partial charge < -0.3 is 22.7 Å². The number of fused-ring (bicyclic) bond motifs is 2. The van der Waals surface area contributed by atoms with Crippen molar-refractivity contribution in [1.82, 2.24) is 0 Å². The first-order valence-electron chi connectivity index (χ1n) is 15.8. The van der Waals surface area contributed by atoms with Crippen LogP contribution in [0, 0.1) is 0 Å². The quantitative estimate of drug-likeness (QED) is 0.106. The summed E-state index contributed by atoms with van der Waals surface area (Å²) in [6.07, 6.45) is 13.2. The van der Waals surface area contributed by atoms with Crippen molar-refractivity contribution in [2.24, 2.45) is 0 Å². The largest absolute Gasteiger partial charge is 0.362 e. The van der Waals surface area contributed by atoms with Gasteiger partial charge in [-0.25, -0.2) is 0 Å². The highest BCUT2D eigenvalue weighted by molar-refractivity contribution is 8.03. The van der Waals surface area contributed by atoms with E-state index in [1.165, 1.54) is 50.4 Å². The second-order valence-electron chi connectivity index (χ2n) is 11.5. The number of nitrogens with zero attached hydrogens (tertiary/aromatic N) is 2. The van der Waals surface area contributed by atoms with Crippen molar-refractivity contribution in [3.8, 4) is 0 Å². The maximum absolute atomic E-state index is 5.81. The Morgan fingerprint density at radius 3 is 2.33 bits per heavy atom. The Kier molecular flexibility index (Phi) is 11.9. The summed E-state index contributed by atoms with van der Waals surface area (Å²) < 4.78 is 25.7. The molecule has 0 radical (unpaired) electrons. The minimum absolute atomic E-state index is 0.103. The van der Waals surface area contributed by atoms with E-state index in [0.29, 0.717) is 5.92 Å². The van der Waals surface area contributed by atoms with Crippen LogP contribution in [0.3, 0.4) is 0 Å². The highest BCUT2D eigenvalue weighted by Gasteiger charge is 2.30. The third-order valence-corrected chi connectivity index (χ3v) is 11.9. The maximum Gasteiger partial charge on any atom is 0.265 e. The molecule has 0 fully saturated rings. The van der Waals surface area contributed by atoms with Gasteiger partial charge in [-0.15, -0.1) is 0 Å². The van der Waals surface area contributed by atoms with Crippen LogP contribution in [0.15, 0.2) is 122 Å². The summed E-state index contributed by atoms with van der Waals surface area (Å²) in [4.78, 5) is 5.64. The first-order valence-corrected chi connectivity index (χ1v) is 18.9. The molecule has 0 saturated heterocycles. The molecule has 3 atom stereocenters. The van der Waals surface area contributed by atoms with E-state index >= 15 is 0 Å². The monoisotopic (exact) mass is 717 g/mol. The summed E-state index contributed by atoms with van der Waals surface area (Å²) in [5, 5.41) is 2.29. The Morgan fingerprint density at radius 2 is 1.60 bits per heavy atom. The van der Waals surface area contributed by atoms with Gasteiger partial charge in [0.25, 0.3) is 11.2 Å². The maximum atomic E-state index is 5.81. The lowest BCUT2D eigenvalue weighted by atomic mass is 9.81. The van der Waals surface area contributed by atoms with Crippen LogP contribution in [0.25, 0.3) is 16.3 Å². The minimum atomic E-state index is -0.103. The van der Waals surface area contributed by atoms with Crippen molar-refractivity contribution in [2.45, 2.75) is 59.7 Å². The van der Waals surface area contributed by atoms with E-state index in [9.17, 15) is 0 Å². The number of benzene rings is 3. The molecule has 3 unspecified atom stereocenters. The minimum Gasteiger partial charge on any atom is -0.362 e. The number of anilines is 1. The number of methoxy groups -OCH3 is 2. The molecule has 6 nitrogen and oxygen atoms in total. The van der Waals surface area contributed by atoms with Crippen molar-refractivity contribution < 1.29 is 22.4 Å². The van der Waals surface area contributed by atoms with Crippen molar-refractivity contribution in [3.05, 3.63) is 118 Å². The third kappa shape index (κ3) is 7.82. The molecule has 10 heteroatoms. The Bertz CT molecular complexity index is 1870. The number of ether oxygens (including phenoxy) is 2. The normalized spacial score (nSPS) is 19.4. The Morgan fingerprint density at radius 1 is 0.854 bits per heavy atom. The van der Waals surface area contributed by atoms with Crippen LogP contribution in [0.5, 0.6) is 0 Å². The van der Waals surface area contributed by atoms with Gasteiger partial charge >= 0.3 is 0 Å². The highest BCUT2D eigenvalue weighted by Crippen LogP contribution is 2.49. The van der Waals surface area contributed by atoms with Crippen molar-refractivity contribution in [2.75, 3.05) is 33.3 Å². The van der Waals surface area contributed by atoms with Crippen LogP contribution >= 0.6 is 47.2 Å². The molecule has 3 aromatic carbocycles. The van der Waals surface area contributed by atoms with E-state index in [1.807, 2.05) is 0 Å². The first-order chi connectivity index (χ1) is 23.4. The van der Waals surface area contributed by atoms with Crippen LogP contribution in [-0.4, -0.2) is 34.7 Å². The van der Waals surface area contributed by atoms with Crippen LogP contribution in [0.1, 0.15) is 49.4 Å². The second kappa shape index (κ2) is 16.3. The highest BCUT2D eigenvalue weighted by atomic mass is 32.2. The van der Waals surface area contributed by atoms with Gasteiger partial charge in [-0.05, 0) is 78.8 Å². The molecular weight excluding hydrogens is 677 g/mol. The number of thiazole rings is 1. The molecule has 6 rings (SSSR count). The Hall–Kier alpha value is -2.80. The fourth-order valence-corrected chi connectivity index (χ4v) is 9.58. The molecule has 1 aliphatic heterocycles. The third-order valence-electron chi connectivity index (χ3n) is 8.54. The van der Waals surface area contributed by atoms with E-state index in [1.54, 1.807) is 51.5 Å². The van der Waals surface area contributed by atoms with E-state index in [4.69, 9.17) is 17.8 Å². The molecule has 48 heavy (non-hydrogen) atoms. The van der Waals surface area contributed by atoms with Crippen LogP contribution in [0.4, 0.5) is 5.69 Å². The zero-order chi connectivity index (χ0) is 33.6. The van der Waals surface area contributed by atoms with E-state index in [2.05, 4.69) is 120 Å². The van der Waals surface area contributed by atoms with Gasteiger partial charge in [0.15, 0.2) is 0 Å². The second-order valence-corrected chi connectivity index (χ2v) is 15.6. The molecule has 4 aromatic rings.